The summed E-state index contributed by atoms with van der Waals surface area (Å²) in [4.78, 5) is 32.9. The fourth-order valence-electron chi connectivity index (χ4n) is 3.39. The highest BCUT2D eigenvalue weighted by Crippen LogP contribution is 2.38. The summed E-state index contributed by atoms with van der Waals surface area (Å²) in [6, 6.07) is 6.83. The van der Waals surface area contributed by atoms with E-state index in [0.29, 0.717) is 41.8 Å². The van der Waals surface area contributed by atoms with Crippen molar-refractivity contribution in [3.63, 3.8) is 0 Å². The van der Waals surface area contributed by atoms with Crippen molar-refractivity contribution in [1.29, 1.82) is 0 Å². The lowest BCUT2D eigenvalue weighted by atomic mass is 10.00. The van der Waals surface area contributed by atoms with Crippen molar-refractivity contribution in [1.82, 2.24) is 20.0 Å². The van der Waals surface area contributed by atoms with E-state index in [1.807, 2.05) is 0 Å². The van der Waals surface area contributed by atoms with Crippen molar-refractivity contribution in [3.8, 4) is 28.6 Å². The fourth-order valence-corrected chi connectivity index (χ4v) is 3.39. The number of amides is 1. The van der Waals surface area contributed by atoms with Gasteiger partial charge in [-0.25, -0.2) is 0 Å². The summed E-state index contributed by atoms with van der Waals surface area (Å²) >= 11 is 0. The third-order valence-electron chi connectivity index (χ3n) is 5.15. The van der Waals surface area contributed by atoms with Gasteiger partial charge in [-0.15, -0.1) is 0 Å². The number of pyridine rings is 1. The second kappa shape index (κ2) is 8.96. The van der Waals surface area contributed by atoms with Crippen LogP contribution in [-0.2, 0) is 4.79 Å². The first-order valence-electron chi connectivity index (χ1n) is 9.82. The number of benzene rings is 1. The van der Waals surface area contributed by atoms with Crippen LogP contribution in [0.3, 0.4) is 0 Å². The smallest absolute Gasteiger partial charge is 0.259 e. The number of H-pyrrole nitrogens is 1. The minimum absolute atomic E-state index is 0.0717. The van der Waals surface area contributed by atoms with Gasteiger partial charge < -0.3 is 28.6 Å². The number of ether oxygens (including phenoxy) is 3. The normalized spacial score (nSPS) is 13.8. The van der Waals surface area contributed by atoms with Crippen LogP contribution in [0.5, 0.6) is 17.2 Å². The minimum atomic E-state index is -0.290. The Labute approximate surface area is 183 Å². The molecule has 4 rings (SSSR count). The van der Waals surface area contributed by atoms with Crippen LogP contribution >= 0.6 is 0 Å². The molecule has 166 valence electrons. The molecule has 10 heteroatoms. The van der Waals surface area contributed by atoms with Gasteiger partial charge in [0.05, 0.1) is 32.8 Å². The van der Waals surface area contributed by atoms with E-state index < -0.39 is 0 Å². The summed E-state index contributed by atoms with van der Waals surface area (Å²) < 4.78 is 21.3. The minimum Gasteiger partial charge on any atom is -0.493 e. The SMILES string of the molecule is COc1cc(/C=C/C(=O)N2CC(c3nc(-c4ccc[nH]c4=O)no3)C2)cc(OC)c1OC. The number of carbonyl (C=O) groups excluding carboxylic acids is 1. The lowest BCUT2D eigenvalue weighted by Gasteiger charge is -2.36. The zero-order valence-electron chi connectivity index (χ0n) is 17.8. The van der Waals surface area contributed by atoms with Gasteiger partial charge in [-0.3, -0.25) is 9.59 Å². The first-order valence-corrected chi connectivity index (χ1v) is 9.82. The van der Waals surface area contributed by atoms with E-state index in [0.717, 1.165) is 5.56 Å². The highest BCUT2D eigenvalue weighted by atomic mass is 16.5. The summed E-state index contributed by atoms with van der Waals surface area (Å²) in [6.45, 7) is 0.899. The maximum atomic E-state index is 12.5. The number of hydrogen-bond acceptors (Lipinski definition) is 8. The Morgan fingerprint density at radius 3 is 2.53 bits per heavy atom. The molecule has 1 aliphatic rings. The summed E-state index contributed by atoms with van der Waals surface area (Å²) in [6.07, 6.45) is 4.71. The molecule has 0 aliphatic carbocycles. The highest BCUT2D eigenvalue weighted by molar-refractivity contribution is 5.92. The maximum absolute atomic E-state index is 12.5. The maximum Gasteiger partial charge on any atom is 0.259 e. The molecule has 0 unspecified atom stereocenters. The van der Waals surface area contributed by atoms with Crippen molar-refractivity contribution in [3.05, 3.63) is 58.3 Å². The van der Waals surface area contributed by atoms with Crippen LogP contribution in [0.1, 0.15) is 17.4 Å². The van der Waals surface area contributed by atoms with Crippen LogP contribution in [-0.4, -0.2) is 60.4 Å². The van der Waals surface area contributed by atoms with Crippen LogP contribution in [0, 0.1) is 0 Å². The molecule has 10 nitrogen and oxygen atoms in total. The molecule has 0 saturated carbocycles. The largest absolute Gasteiger partial charge is 0.493 e. The van der Waals surface area contributed by atoms with Gasteiger partial charge in [0.2, 0.25) is 23.4 Å². The van der Waals surface area contributed by atoms with E-state index in [1.54, 1.807) is 35.2 Å². The molecule has 2 aromatic heterocycles. The number of nitrogens with one attached hydrogen (secondary N) is 1. The van der Waals surface area contributed by atoms with Gasteiger partial charge in [-0.1, -0.05) is 5.16 Å². The van der Waals surface area contributed by atoms with E-state index in [1.165, 1.54) is 33.6 Å². The average Bonchev–Trinajstić information content (AvgIpc) is 3.25. The van der Waals surface area contributed by atoms with Gasteiger partial charge in [0.1, 0.15) is 0 Å². The Hall–Kier alpha value is -4.08. The summed E-state index contributed by atoms with van der Waals surface area (Å²) in [7, 11) is 4.60. The molecular weight excluding hydrogens is 416 g/mol. The second-order valence-electron chi connectivity index (χ2n) is 7.10. The second-order valence-corrected chi connectivity index (χ2v) is 7.10. The predicted molar refractivity (Wildman–Crippen MR) is 115 cm³/mol. The van der Waals surface area contributed by atoms with E-state index in [9.17, 15) is 9.59 Å². The Bertz CT molecular complexity index is 1180. The number of nitrogens with zero attached hydrogens (tertiary/aromatic N) is 3. The fraction of sp³-hybridized carbons (Fsp3) is 0.273. The quantitative estimate of drug-likeness (QED) is 0.557. The van der Waals surface area contributed by atoms with Crippen LogP contribution in [0.25, 0.3) is 17.5 Å². The van der Waals surface area contributed by atoms with E-state index in [4.69, 9.17) is 18.7 Å². The number of likely N-dealkylation sites (tertiary alicyclic amines) is 1. The number of rotatable bonds is 7. The number of aromatic nitrogens is 3. The molecule has 1 fully saturated rings. The molecule has 3 heterocycles. The number of methoxy groups -OCH3 is 3. The zero-order chi connectivity index (χ0) is 22.7. The van der Waals surface area contributed by atoms with Crippen LogP contribution in [0.4, 0.5) is 0 Å². The van der Waals surface area contributed by atoms with Gasteiger partial charge in [0, 0.05) is 25.4 Å². The van der Waals surface area contributed by atoms with Gasteiger partial charge >= 0.3 is 0 Å². The highest BCUT2D eigenvalue weighted by Gasteiger charge is 2.35. The van der Waals surface area contributed by atoms with Gasteiger partial charge in [0.15, 0.2) is 11.5 Å². The van der Waals surface area contributed by atoms with Crippen molar-refractivity contribution in [2.24, 2.45) is 0 Å². The number of aromatic amines is 1. The van der Waals surface area contributed by atoms with Crippen molar-refractivity contribution in [2.75, 3.05) is 34.4 Å². The molecule has 0 atom stereocenters. The van der Waals surface area contributed by atoms with E-state index in [2.05, 4.69) is 15.1 Å². The molecule has 3 aromatic rings. The van der Waals surface area contributed by atoms with Gasteiger partial charge in [-0.05, 0) is 35.9 Å². The van der Waals surface area contributed by atoms with Crippen LogP contribution in [0.15, 0.2) is 45.9 Å². The topological polar surface area (TPSA) is 120 Å². The van der Waals surface area contributed by atoms with Gasteiger partial charge in [-0.2, -0.15) is 4.98 Å². The molecule has 0 radical (unpaired) electrons. The van der Waals surface area contributed by atoms with E-state index >= 15 is 0 Å². The monoisotopic (exact) mass is 438 g/mol. The molecule has 1 amide bonds. The molecule has 0 bridgehead atoms. The Balaban J connectivity index is 1.40. The molecule has 1 saturated heterocycles. The van der Waals surface area contributed by atoms with Crippen molar-refractivity contribution in [2.45, 2.75) is 5.92 Å². The Morgan fingerprint density at radius 1 is 1.19 bits per heavy atom. The lowest BCUT2D eigenvalue weighted by Crippen LogP contribution is -2.47. The first-order chi connectivity index (χ1) is 15.5. The zero-order valence-corrected chi connectivity index (χ0v) is 17.8. The Kier molecular flexibility index (Phi) is 5.93. The first kappa shape index (κ1) is 21.2. The molecule has 0 spiro atoms. The van der Waals surface area contributed by atoms with Crippen molar-refractivity contribution < 1.29 is 23.5 Å². The molecule has 1 aromatic carbocycles. The standard InChI is InChI=1S/C22H22N4O6/c1-29-16-9-13(10-17(30-2)19(16)31-3)6-7-18(27)26-11-14(12-26)22-24-20(25-32-22)15-5-4-8-23-21(15)28/h4-10,14H,11-12H2,1-3H3,(H,23,28)/b7-6+. The molecule has 32 heavy (non-hydrogen) atoms. The summed E-state index contributed by atoms with van der Waals surface area (Å²) in [5.74, 6) is 1.92. The van der Waals surface area contributed by atoms with Crippen LogP contribution in [0.2, 0.25) is 0 Å². The lowest BCUT2D eigenvalue weighted by molar-refractivity contribution is -0.130. The van der Waals surface area contributed by atoms with Gasteiger partial charge in [0.25, 0.3) is 5.56 Å². The van der Waals surface area contributed by atoms with Crippen molar-refractivity contribution >= 4 is 12.0 Å². The third-order valence-corrected chi connectivity index (χ3v) is 5.15. The average molecular weight is 438 g/mol. The summed E-state index contributed by atoms with van der Waals surface area (Å²) in [5.41, 5.74) is 0.782. The third kappa shape index (κ3) is 4.07. The Morgan fingerprint density at radius 2 is 1.91 bits per heavy atom. The number of hydrogen-bond donors (Lipinski definition) is 1. The van der Waals surface area contributed by atoms with E-state index in [-0.39, 0.29) is 23.2 Å². The summed E-state index contributed by atoms with van der Waals surface area (Å²) in [5, 5.41) is 3.89. The molecular formula is C22H22N4O6. The molecule has 1 N–H and O–H groups in total. The van der Waals surface area contributed by atoms with Crippen LogP contribution < -0.4 is 19.8 Å². The number of carbonyl (C=O) groups is 1. The predicted octanol–water partition coefficient (Wildman–Crippen LogP) is 2.09. The molecule has 1 aliphatic heterocycles.